The molecule has 104 valence electrons. The Kier molecular flexibility index (Phi) is 3.22. The standard InChI is InChI=1S/C14H15N3OS2/c1-7-9(3)19-13-12(7)14(18)17(6-15-13)5-11-8(2)16-10(4)20-11/h6H,5H2,1-4H3. The van der Waals surface area contributed by atoms with Crippen LogP contribution in [0.3, 0.4) is 0 Å². The summed E-state index contributed by atoms with van der Waals surface area (Å²) < 4.78 is 1.68. The van der Waals surface area contributed by atoms with Crippen LogP contribution in [0.4, 0.5) is 0 Å². The van der Waals surface area contributed by atoms with Gasteiger partial charge < -0.3 is 0 Å². The number of nitrogens with zero attached hydrogens (tertiary/aromatic N) is 3. The number of thiophene rings is 1. The Morgan fingerprint density at radius 1 is 1.20 bits per heavy atom. The van der Waals surface area contributed by atoms with Gasteiger partial charge in [0.2, 0.25) is 0 Å². The Morgan fingerprint density at radius 2 is 1.95 bits per heavy atom. The fraction of sp³-hybridized carbons (Fsp3) is 0.357. The summed E-state index contributed by atoms with van der Waals surface area (Å²) >= 11 is 3.22. The maximum atomic E-state index is 12.6. The van der Waals surface area contributed by atoms with Crippen LogP contribution in [-0.2, 0) is 6.54 Å². The molecule has 0 fully saturated rings. The molecule has 0 aliphatic rings. The molecule has 0 N–H and O–H groups in total. The third-order valence-electron chi connectivity index (χ3n) is 3.47. The number of aromatic nitrogens is 3. The normalized spacial score (nSPS) is 11.4. The highest BCUT2D eigenvalue weighted by Crippen LogP contribution is 2.25. The van der Waals surface area contributed by atoms with Crippen molar-refractivity contribution in [2.75, 3.05) is 0 Å². The van der Waals surface area contributed by atoms with E-state index in [1.807, 2.05) is 27.7 Å². The van der Waals surface area contributed by atoms with Crippen LogP contribution in [0.15, 0.2) is 11.1 Å². The van der Waals surface area contributed by atoms with E-state index in [9.17, 15) is 4.79 Å². The molecular formula is C14H15N3OS2. The highest BCUT2D eigenvalue weighted by molar-refractivity contribution is 7.18. The number of hydrogen-bond acceptors (Lipinski definition) is 5. The molecule has 0 saturated carbocycles. The van der Waals surface area contributed by atoms with Gasteiger partial charge in [0.05, 0.1) is 29.0 Å². The van der Waals surface area contributed by atoms with Crippen molar-refractivity contribution in [3.63, 3.8) is 0 Å². The molecule has 3 aromatic heterocycles. The third-order valence-corrected chi connectivity index (χ3v) is 5.64. The quantitative estimate of drug-likeness (QED) is 0.730. The maximum absolute atomic E-state index is 12.6. The molecule has 0 aliphatic carbocycles. The summed E-state index contributed by atoms with van der Waals surface area (Å²) in [5.41, 5.74) is 2.09. The summed E-state index contributed by atoms with van der Waals surface area (Å²) in [7, 11) is 0. The zero-order valence-electron chi connectivity index (χ0n) is 11.9. The van der Waals surface area contributed by atoms with Gasteiger partial charge in [-0.2, -0.15) is 0 Å². The fourth-order valence-corrected chi connectivity index (χ4v) is 4.18. The SMILES string of the molecule is Cc1nc(C)c(Cn2cnc3sc(C)c(C)c3c2=O)s1. The molecule has 20 heavy (non-hydrogen) atoms. The van der Waals surface area contributed by atoms with Gasteiger partial charge in [-0.1, -0.05) is 0 Å². The van der Waals surface area contributed by atoms with Crippen molar-refractivity contribution >= 4 is 32.9 Å². The van der Waals surface area contributed by atoms with Crippen LogP contribution in [0, 0.1) is 27.7 Å². The first-order valence-electron chi connectivity index (χ1n) is 6.35. The van der Waals surface area contributed by atoms with Gasteiger partial charge in [-0.05, 0) is 33.3 Å². The van der Waals surface area contributed by atoms with Gasteiger partial charge >= 0.3 is 0 Å². The van der Waals surface area contributed by atoms with E-state index in [1.165, 1.54) is 0 Å². The van der Waals surface area contributed by atoms with Gasteiger partial charge in [-0.15, -0.1) is 22.7 Å². The van der Waals surface area contributed by atoms with E-state index in [-0.39, 0.29) is 5.56 Å². The van der Waals surface area contributed by atoms with Crippen LogP contribution in [0.2, 0.25) is 0 Å². The zero-order valence-corrected chi connectivity index (χ0v) is 13.5. The fourth-order valence-electron chi connectivity index (χ4n) is 2.26. The molecule has 3 heterocycles. The molecule has 6 heteroatoms. The van der Waals surface area contributed by atoms with Gasteiger partial charge in [0.1, 0.15) is 4.83 Å². The van der Waals surface area contributed by atoms with Gasteiger partial charge in [-0.25, -0.2) is 9.97 Å². The molecular weight excluding hydrogens is 290 g/mol. The Bertz CT molecular complexity index is 857. The highest BCUT2D eigenvalue weighted by Gasteiger charge is 2.13. The monoisotopic (exact) mass is 305 g/mol. The van der Waals surface area contributed by atoms with Crippen LogP contribution >= 0.6 is 22.7 Å². The molecule has 0 bridgehead atoms. The first-order chi connectivity index (χ1) is 9.47. The van der Waals surface area contributed by atoms with Crippen molar-refractivity contribution < 1.29 is 0 Å². The molecule has 0 aliphatic heterocycles. The Labute approximate surface area is 124 Å². The lowest BCUT2D eigenvalue weighted by atomic mass is 10.2. The van der Waals surface area contributed by atoms with Crippen LogP contribution in [0.5, 0.6) is 0 Å². The molecule has 0 spiro atoms. The van der Waals surface area contributed by atoms with Crippen LogP contribution in [0.1, 0.15) is 26.0 Å². The Hall–Kier alpha value is -1.53. The topological polar surface area (TPSA) is 47.8 Å². The van der Waals surface area contributed by atoms with Crippen LogP contribution in [0.25, 0.3) is 10.2 Å². The second kappa shape index (κ2) is 4.79. The zero-order chi connectivity index (χ0) is 14.4. The summed E-state index contributed by atoms with van der Waals surface area (Å²) in [6, 6.07) is 0. The van der Waals surface area contributed by atoms with E-state index >= 15 is 0 Å². The van der Waals surface area contributed by atoms with E-state index in [4.69, 9.17) is 0 Å². The summed E-state index contributed by atoms with van der Waals surface area (Å²) in [4.78, 5) is 24.5. The van der Waals surface area contributed by atoms with Crippen molar-refractivity contribution in [2.45, 2.75) is 34.2 Å². The third kappa shape index (κ3) is 2.09. The van der Waals surface area contributed by atoms with E-state index in [2.05, 4.69) is 9.97 Å². The highest BCUT2D eigenvalue weighted by atomic mass is 32.1. The average Bonchev–Trinajstić information content (AvgIpc) is 2.85. The summed E-state index contributed by atoms with van der Waals surface area (Å²) in [5, 5.41) is 1.79. The number of rotatable bonds is 2. The molecule has 0 atom stereocenters. The Morgan fingerprint density at radius 3 is 2.60 bits per heavy atom. The molecule has 0 radical (unpaired) electrons. The van der Waals surface area contributed by atoms with Crippen LogP contribution in [-0.4, -0.2) is 14.5 Å². The van der Waals surface area contributed by atoms with Gasteiger partial charge in [-0.3, -0.25) is 9.36 Å². The van der Waals surface area contributed by atoms with E-state index in [0.29, 0.717) is 6.54 Å². The smallest absolute Gasteiger partial charge is 0.262 e. The second-order valence-corrected chi connectivity index (χ2v) is 7.37. The minimum absolute atomic E-state index is 0.0438. The lowest BCUT2D eigenvalue weighted by Gasteiger charge is -2.04. The number of hydrogen-bond donors (Lipinski definition) is 0. The van der Waals surface area contributed by atoms with Gasteiger partial charge in [0.25, 0.3) is 5.56 Å². The van der Waals surface area contributed by atoms with E-state index in [1.54, 1.807) is 33.6 Å². The average molecular weight is 305 g/mol. The predicted molar refractivity (Wildman–Crippen MR) is 84.0 cm³/mol. The van der Waals surface area contributed by atoms with Gasteiger partial charge in [0.15, 0.2) is 0 Å². The summed E-state index contributed by atoms with van der Waals surface area (Å²) in [6.45, 7) is 8.53. The lowest BCUT2D eigenvalue weighted by molar-refractivity contribution is 0.753. The molecule has 3 rings (SSSR count). The first kappa shape index (κ1) is 13.5. The molecule has 0 amide bonds. The van der Waals surface area contributed by atoms with Crippen molar-refractivity contribution in [2.24, 2.45) is 0 Å². The second-order valence-electron chi connectivity index (χ2n) is 4.88. The van der Waals surface area contributed by atoms with Crippen molar-refractivity contribution in [3.8, 4) is 0 Å². The molecule has 3 aromatic rings. The molecule has 0 unspecified atom stereocenters. The predicted octanol–water partition coefficient (Wildman–Crippen LogP) is 3.20. The van der Waals surface area contributed by atoms with E-state index in [0.717, 1.165) is 36.2 Å². The summed E-state index contributed by atoms with van der Waals surface area (Å²) in [5.74, 6) is 0. The largest absolute Gasteiger partial charge is 0.293 e. The molecule has 0 aromatic carbocycles. The lowest BCUT2D eigenvalue weighted by Crippen LogP contribution is -2.21. The molecule has 4 nitrogen and oxygen atoms in total. The van der Waals surface area contributed by atoms with Crippen molar-refractivity contribution in [3.05, 3.63) is 42.7 Å². The number of thiazole rings is 1. The number of fused-ring (bicyclic) bond motifs is 1. The van der Waals surface area contributed by atoms with E-state index < -0.39 is 0 Å². The first-order valence-corrected chi connectivity index (χ1v) is 7.98. The summed E-state index contributed by atoms with van der Waals surface area (Å²) in [6.07, 6.45) is 1.65. The van der Waals surface area contributed by atoms with Crippen molar-refractivity contribution in [1.29, 1.82) is 0 Å². The minimum Gasteiger partial charge on any atom is -0.293 e. The van der Waals surface area contributed by atoms with Crippen molar-refractivity contribution in [1.82, 2.24) is 14.5 Å². The minimum atomic E-state index is 0.0438. The number of aryl methyl sites for hydroxylation is 4. The van der Waals surface area contributed by atoms with Crippen LogP contribution < -0.4 is 5.56 Å². The molecule has 0 saturated heterocycles. The Balaban J connectivity index is 2.13. The van der Waals surface area contributed by atoms with Gasteiger partial charge in [0, 0.05) is 9.75 Å². The maximum Gasteiger partial charge on any atom is 0.262 e.